The highest BCUT2D eigenvalue weighted by molar-refractivity contribution is 7.87. The fourth-order valence-electron chi connectivity index (χ4n) is 1.23. The van der Waals surface area contributed by atoms with E-state index in [9.17, 15) is 12.3 Å². The Hall–Kier alpha value is -0.160. The molecule has 1 rings (SSSR count). The number of halogens is 1. The highest BCUT2D eigenvalue weighted by Crippen LogP contribution is 2.25. The third kappa shape index (κ3) is 1.46. The van der Waals surface area contributed by atoms with Crippen molar-refractivity contribution in [2.24, 2.45) is 0 Å². The van der Waals surface area contributed by atoms with Gasteiger partial charge in [0.15, 0.2) is 0 Å². The lowest BCUT2D eigenvalue weighted by Crippen LogP contribution is -2.25. The second kappa shape index (κ2) is 2.47. The lowest BCUT2D eigenvalue weighted by molar-refractivity contribution is 0.183. The van der Waals surface area contributed by atoms with Crippen LogP contribution in [0.2, 0.25) is 0 Å². The summed E-state index contributed by atoms with van der Waals surface area (Å²) < 4.78 is 32.6. The monoisotopic (exact) mass is 168 g/mol. The topological polar surface area (TPSA) is 54.4 Å². The quantitative estimate of drug-likeness (QED) is 0.569. The number of aliphatic hydroxyl groups excluding tert-OH is 1. The van der Waals surface area contributed by atoms with Crippen molar-refractivity contribution in [3.63, 3.8) is 0 Å². The number of hydrogen-bond acceptors (Lipinski definition) is 3. The fourth-order valence-corrected chi connectivity index (χ4v) is 2.19. The van der Waals surface area contributed by atoms with E-state index in [1.54, 1.807) is 0 Å². The molecule has 0 saturated heterocycles. The van der Waals surface area contributed by atoms with Crippen LogP contribution in [0.4, 0.5) is 3.89 Å². The van der Waals surface area contributed by atoms with Crippen molar-refractivity contribution in [3.8, 4) is 0 Å². The molecule has 0 aromatic heterocycles. The Labute approximate surface area is 59.1 Å². The first-order valence-electron chi connectivity index (χ1n) is 3.13. The second-order valence-electron chi connectivity index (χ2n) is 2.51. The van der Waals surface area contributed by atoms with Gasteiger partial charge >= 0.3 is 10.2 Å². The molecule has 0 aromatic rings. The molecule has 0 radical (unpaired) electrons. The first-order valence-corrected chi connectivity index (χ1v) is 4.58. The molecule has 0 heterocycles. The molecule has 2 atom stereocenters. The molecule has 0 aromatic carbocycles. The zero-order chi connectivity index (χ0) is 7.78. The maximum Gasteiger partial charge on any atom is 0.307 e. The fraction of sp³-hybridized carbons (Fsp3) is 1.00. The van der Waals surface area contributed by atoms with Crippen molar-refractivity contribution in [1.82, 2.24) is 0 Å². The number of hydrogen-bond donors (Lipinski definition) is 1. The zero-order valence-electron chi connectivity index (χ0n) is 5.33. The van der Waals surface area contributed by atoms with E-state index in [-0.39, 0.29) is 6.42 Å². The standard InChI is InChI=1S/C5H9FO3S/c6-10(8,9)5-3-1-2-4(5)7/h4-5,7H,1-3H2. The van der Waals surface area contributed by atoms with Gasteiger partial charge in [-0.05, 0) is 19.3 Å². The van der Waals surface area contributed by atoms with Crippen LogP contribution in [-0.2, 0) is 10.2 Å². The lowest BCUT2D eigenvalue weighted by atomic mass is 10.3. The average Bonchev–Trinajstić information content (AvgIpc) is 2.11. The summed E-state index contributed by atoms with van der Waals surface area (Å²) in [6.07, 6.45) is 0.248. The van der Waals surface area contributed by atoms with Crippen LogP contribution in [0.25, 0.3) is 0 Å². The Bertz CT molecular complexity index is 211. The van der Waals surface area contributed by atoms with E-state index in [2.05, 4.69) is 0 Å². The molecule has 1 aliphatic carbocycles. The van der Waals surface area contributed by atoms with Crippen molar-refractivity contribution in [2.45, 2.75) is 30.6 Å². The molecule has 10 heavy (non-hydrogen) atoms. The molecule has 1 saturated carbocycles. The summed E-state index contributed by atoms with van der Waals surface area (Å²) in [6, 6.07) is 0. The molecule has 1 N–H and O–H groups in total. The summed E-state index contributed by atoms with van der Waals surface area (Å²) in [5.41, 5.74) is 0. The smallest absolute Gasteiger partial charge is 0.307 e. The maximum atomic E-state index is 12.2. The Balaban J connectivity index is 2.74. The minimum Gasteiger partial charge on any atom is -0.392 e. The van der Waals surface area contributed by atoms with E-state index in [1.165, 1.54) is 0 Å². The van der Waals surface area contributed by atoms with Gasteiger partial charge in [-0.25, -0.2) is 0 Å². The zero-order valence-corrected chi connectivity index (χ0v) is 6.14. The second-order valence-corrected chi connectivity index (χ2v) is 4.07. The number of aliphatic hydroxyl groups is 1. The van der Waals surface area contributed by atoms with Gasteiger partial charge in [0.25, 0.3) is 0 Å². The van der Waals surface area contributed by atoms with Gasteiger partial charge in [-0.15, -0.1) is 3.89 Å². The van der Waals surface area contributed by atoms with Crippen LogP contribution in [0.5, 0.6) is 0 Å². The van der Waals surface area contributed by atoms with E-state index in [4.69, 9.17) is 5.11 Å². The summed E-state index contributed by atoms with van der Waals surface area (Å²) >= 11 is 0. The van der Waals surface area contributed by atoms with Crippen LogP contribution in [0.1, 0.15) is 19.3 Å². The van der Waals surface area contributed by atoms with Crippen LogP contribution in [0, 0.1) is 0 Å². The van der Waals surface area contributed by atoms with Gasteiger partial charge in [0.1, 0.15) is 5.25 Å². The molecule has 0 bridgehead atoms. The molecule has 60 valence electrons. The van der Waals surface area contributed by atoms with Gasteiger partial charge in [0.2, 0.25) is 0 Å². The summed E-state index contributed by atoms with van der Waals surface area (Å²) in [5.74, 6) is 0. The highest BCUT2D eigenvalue weighted by atomic mass is 32.3. The normalized spacial score (nSPS) is 34.6. The largest absolute Gasteiger partial charge is 0.392 e. The molecule has 1 fully saturated rings. The van der Waals surface area contributed by atoms with E-state index in [1.807, 2.05) is 0 Å². The summed E-state index contributed by atoms with van der Waals surface area (Å²) in [4.78, 5) is 0. The molecule has 0 spiro atoms. The predicted octanol–water partition coefficient (Wildman–Crippen LogP) is 0.199. The van der Waals surface area contributed by atoms with Crippen LogP contribution in [0.3, 0.4) is 0 Å². The van der Waals surface area contributed by atoms with Crippen molar-refractivity contribution >= 4 is 10.2 Å². The minimum atomic E-state index is -4.50. The molecule has 3 nitrogen and oxygen atoms in total. The van der Waals surface area contributed by atoms with Crippen molar-refractivity contribution in [1.29, 1.82) is 0 Å². The van der Waals surface area contributed by atoms with Crippen LogP contribution in [0.15, 0.2) is 0 Å². The Morgan fingerprint density at radius 3 is 2.20 bits per heavy atom. The molecule has 1 aliphatic rings. The first kappa shape index (κ1) is 7.94. The third-order valence-electron chi connectivity index (χ3n) is 1.78. The lowest BCUT2D eigenvalue weighted by Gasteiger charge is -2.07. The Morgan fingerprint density at radius 2 is 2.00 bits per heavy atom. The van der Waals surface area contributed by atoms with Crippen LogP contribution < -0.4 is 0 Å². The Morgan fingerprint density at radius 1 is 1.40 bits per heavy atom. The summed E-state index contributed by atoms with van der Waals surface area (Å²) in [5, 5.41) is 7.75. The highest BCUT2D eigenvalue weighted by Gasteiger charge is 2.36. The van der Waals surface area contributed by atoms with Gasteiger partial charge in [-0.2, -0.15) is 8.42 Å². The van der Waals surface area contributed by atoms with Gasteiger partial charge in [-0.3, -0.25) is 0 Å². The van der Waals surface area contributed by atoms with E-state index in [0.29, 0.717) is 12.8 Å². The van der Waals surface area contributed by atoms with Gasteiger partial charge in [0.05, 0.1) is 6.10 Å². The van der Waals surface area contributed by atoms with Crippen molar-refractivity contribution in [3.05, 3.63) is 0 Å². The number of rotatable bonds is 1. The molecule has 0 amide bonds. The van der Waals surface area contributed by atoms with Gasteiger partial charge in [0, 0.05) is 0 Å². The SMILES string of the molecule is O=S(=O)(F)C1CCCC1O. The summed E-state index contributed by atoms with van der Waals surface area (Å²) in [6.45, 7) is 0. The average molecular weight is 168 g/mol. The van der Waals surface area contributed by atoms with Crippen molar-refractivity contribution < 1.29 is 17.4 Å². The molecule has 0 aliphatic heterocycles. The van der Waals surface area contributed by atoms with Gasteiger partial charge in [-0.1, -0.05) is 0 Å². The predicted molar refractivity (Wildman–Crippen MR) is 33.7 cm³/mol. The van der Waals surface area contributed by atoms with Crippen LogP contribution >= 0.6 is 0 Å². The van der Waals surface area contributed by atoms with Crippen LogP contribution in [-0.4, -0.2) is 24.9 Å². The van der Waals surface area contributed by atoms with Gasteiger partial charge < -0.3 is 5.11 Å². The summed E-state index contributed by atoms with van der Waals surface area (Å²) in [7, 11) is -4.50. The molecular weight excluding hydrogens is 159 g/mol. The molecule has 5 heteroatoms. The van der Waals surface area contributed by atoms with E-state index >= 15 is 0 Å². The van der Waals surface area contributed by atoms with E-state index in [0.717, 1.165) is 0 Å². The van der Waals surface area contributed by atoms with E-state index < -0.39 is 21.6 Å². The maximum absolute atomic E-state index is 12.2. The molecular formula is C5H9FO3S. The molecule has 2 unspecified atom stereocenters. The third-order valence-corrected chi connectivity index (χ3v) is 3.05. The first-order chi connectivity index (χ1) is 4.52. The van der Waals surface area contributed by atoms with Crippen molar-refractivity contribution in [2.75, 3.05) is 0 Å². The Kier molecular flexibility index (Phi) is 1.96. The minimum absolute atomic E-state index is 0.250.